The van der Waals surface area contributed by atoms with Crippen molar-refractivity contribution in [2.75, 3.05) is 0 Å². The van der Waals surface area contributed by atoms with Gasteiger partial charge in [0.15, 0.2) is 0 Å². The molecule has 0 aromatic carbocycles. The Morgan fingerprint density at radius 1 is 1.09 bits per heavy atom. The topological polar surface area (TPSA) is 56.7 Å². The molecule has 4 aliphatic rings. The summed E-state index contributed by atoms with van der Waals surface area (Å²) in [6.45, 7) is 1.99. The minimum absolute atomic E-state index is 0.177. The van der Waals surface area contributed by atoms with Crippen LogP contribution in [-0.2, 0) is 12.5 Å². The predicted molar refractivity (Wildman–Crippen MR) is 81.1 cm³/mol. The Morgan fingerprint density at radius 2 is 1.73 bits per heavy atom. The summed E-state index contributed by atoms with van der Waals surface area (Å²) in [5, 5.41) is 13.2. The van der Waals surface area contributed by atoms with E-state index in [1.54, 1.807) is 4.68 Å². The van der Waals surface area contributed by atoms with Crippen LogP contribution >= 0.6 is 0 Å². The van der Waals surface area contributed by atoms with Crippen molar-refractivity contribution in [1.82, 2.24) is 20.0 Å². The van der Waals surface area contributed by atoms with Crippen LogP contribution in [0.5, 0.6) is 0 Å². The van der Waals surface area contributed by atoms with E-state index in [-0.39, 0.29) is 5.41 Å². The monoisotopic (exact) mass is 298 g/mol. The molecule has 0 saturated heterocycles. The molecule has 2 aromatic heterocycles. The molecule has 4 bridgehead atoms. The smallest absolute Gasteiger partial charge is 0.251 e. The lowest BCUT2D eigenvalue weighted by Gasteiger charge is -2.55. The first-order chi connectivity index (χ1) is 10.6. The maximum atomic E-state index is 6.17. The third-order valence-corrected chi connectivity index (χ3v) is 6.16. The van der Waals surface area contributed by atoms with E-state index in [1.807, 2.05) is 20.2 Å². The zero-order chi connectivity index (χ0) is 14.9. The highest BCUT2D eigenvalue weighted by Crippen LogP contribution is 2.60. The van der Waals surface area contributed by atoms with E-state index in [9.17, 15) is 0 Å². The second-order valence-electron chi connectivity index (χ2n) is 7.91. The van der Waals surface area contributed by atoms with Crippen LogP contribution < -0.4 is 0 Å². The van der Waals surface area contributed by atoms with Gasteiger partial charge in [0.05, 0.1) is 11.3 Å². The SMILES string of the molecule is Cc1nn(C)cc1-c1nnc(C23CC4CC(CC(C4)C2)C3)o1. The van der Waals surface area contributed by atoms with Crippen molar-refractivity contribution in [3.8, 4) is 11.5 Å². The fraction of sp³-hybridized carbons (Fsp3) is 0.706. The molecule has 0 atom stereocenters. The standard InChI is InChI=1S/C17H22N4O/c1-10-14(9-21(2)20-10)15-18-19-16(22-15)17-6-11-3-12(7-17)5-13(4-11)8-17/h9,11-13H,3-8H2,1-2H3. The largest absolute Gasteiger partial charge is 0.420 e. The third kappa shape index (κ3) is 1.74. The lowest BCUT2D eigenvalue weighted by molar-refractivity contribution is -0.0176. The summed E-state index contributed by atoms with van der Waals surface area (Å²) in [5.41, 5.74) is 2.09. The Kier molecular flexibility index (Phi) is 2.46. The summed E-state index contributed by atoms with van der Waals surface area (Å²) in [5.74, 6) is 4.20. The second kappa shape index (κ2) is 4.21. The van der Waals surface area contributed by atoms with Gasteiger partial charge >= 0.3 is 0 Å². The van der Waals surface area contributed by atoms with Crippen molar-refractivity contribution in [2.24, 2.45) is 24.8 Å². The molecule has 0 amide bonds. The highest BCUT2D eigenvalue weighted by Gasteiger charge is 2.54. The highest BCUT2D eigenvalue weighted by molar-refractivity contribution is 5.54. The lowest BCUT2D eigenvalue weighted by atomic mass is 9.49. The van der Waals surface area contributed by atoms with Gasteiger partial charge in [-0.25, -0.2) is 0 Å². The number of rotatable bonds is 2. The molecule has 2 aromatic rings. The van der Waals surface area contributed by atoms with Crippen molar-refractivity contribution in [3.05, 3.63) is 17.8 Å². The van der Waals surface area contributed by atoms with E-state index in [2.05, 4.69) is 15.3 Å². The summed E-state index contributed by atoms with van der Waals surface area (Å²) in [6.07, 6.45) is 10.0. The van der Waals surface area contributed by atoms with Gasteiger partial charge in [-0.3, -0.25) is 4.68 Å². The van der Waals surface area contributed by atoms with E-state index in [1.165, 1.54) is 38.5 Å². The van der Waals surface area contributed by atoms with Gasteiger partial charge in [-0.1, -0.05) is 0 Å². The van der Waals surface area contributed by atoms with Gasteiger partial charge in [0.25, 0.3) is 5.89 Å². The van der Waals surface area contributed by atoms with Crippen LogP contribution in [0.15, 0.2) is 10.6 Å². The molecule has 0 spiro atoms. The Hall–Kier alpha value is -1.65. The minimum Gasteiger partial charge on any atom is -0.420 e. The molecule has 6 rings (SSSR count). The van der Waals surface area contributed by atoms with E-state index >= 15 is 0 Å². The first-order valence-corrected chi connectivity index (χ1v) is 8.46. The zero-order valence-corrected chi connectivity index (χ0v) is 13.2. The Bertz CT molecular complexity index is 694. The molecule has 4 saturated carbocycles. The third-order valence-electron chi connectivity index (χ3n) is 6.16. The number of hydrogen-bond acceptors (Lipinski definition) is 4. The van der Waals surface area contributed by atoms with E-state index in [0.717, 1.165) is 34.9 Å². The lowest BCUT2D eigenvalue weighted by Crippen LogP contribution is -2.48. The van der Waals surface area contributed by atoms with Crippen molar-refractivity contribution >= 4 is 0 Å². The molecule has 4 fully saturated rings. The van der Waals surface area contributed by atoms with Crippen LogP contribution in [0.3, 0.4) is 0 Å². The van der Waals surface area contributed by atoms with Crippen LogP contribution in [0, 0.1) is 24.7 Å². The fourth-order valence-electron chi connectivity index (χ4n) is 5.73. The van der Waals surface area contributed by atoms with Crippen LogP contribution in [0.1, 0.15) is 50.1 Å². The maximum Gasteiger partial charge on any atom is 0.251 e. The summed E-state index contributed by atoms with van der Waals surface area (Å²) in [6, 6.07) is 0. The summed E-state index contributed by atoms with van der Waals surface area (Å²) < 4.78 is 7.98. The molecular formula is C17H22N4O. The maximum absolute atomic E-state index is 6.17. The fourth-order valence-corrected chi connectivity index (χ4v) is 5.73. The van der Waals surface area contributed by atoms with Crippen molar-refractivity contribution < 1.29 is 4.42 Å². The molecule has 0 unspecified atom stereocenters. The number of hydrogen-bond donors (Lipinski definition) is 0. The minimum atomic E-state index is 0.177. The molecule has 4 aliphatic carbocycles. The Morgan fingerprint density at radius 3 is 2.27 bits per heavy atom. The first kappa shape index (κ1) is 12.9. The normalized spacial score (nSPS) is 36.2. The van der Waals surface area contributed by atoms with E-state index < -0.39 is 0 Å². The molecular weight excluding hydrogens is 276 g/mol. The molecule has 0 N–H and O–H groups in total. The average Bonchev–Trinajstić information content (AvgIpc) is 3.04. The number of nitrogens with zero attached hydrogens (tertiary/aromatic N) is 4. The van der Waals surface area contributed by atoms with Gasteiger partial charge in [-0.2, -0.15) is 5.10 Å². The molecule has 22 heavy (non-hydrogen) atoms. The van der Waals surface area contributed by atoms with E-state index in [4.69, 9.17) is 4.42 Å². The molecule has 116 valence electrons. The number of aryl methyl sites for hydroxylation is 2. The highest BCUT2D eigenvalue weighted by atomic mass is 16.4. The van der Waals surface area contributed by atoms with Gasteiger partial charge in [-0.15, -0.1) is 10.2 Å². The van der Waals surface area contributed by atoms with Crippen molar-refractivity contribution in [2.45, 2.75) is 50.9 Å². The molecule has 2 heterocycles. The molecule has 5 heteroatoms. The average molecular weight is 298 g/mol. The van der Waals surface area contributed by atoms with Gasteiger partial charge < -0.3 is 4.42 Å². The van der Waals surface area contributed by atoms with Gasteiger partial charge in [0.1, 0.15) is 0 Å². The van der Waals surface area contributed by atoms with Crippen molar-refractivity contribution in [1.29, 1.82) is 0 Å². The summed E-state index contributed by atoms with van der Waals surface area (Å²) >= 11 is 0. The van der Waals surface area contributed by atoms with Crippen LogP contribution in [0.2, 0.25) is 0 Å². The second-order valence-corrected chi connectivity index (χ2v) is 7.91. The summed E-state index contributed by atoms with van der Waals surface area (Å²) in [7, 11) is 1.92. The predicted octanol–water partition coefficient (Wildman–Crippen LogP) is 3.25. The van der Waals surface area contributed by atoms with Gasteiger partial charge in [0.2, 0.25) is 5.89 Å². The van der Waals surface area contributed by atoms with Crippen LogP contribution in [0.4, 0.5) is 0 Å². The quantitative estimate of drug-likeness (QED) is 0.854. The van der Waals surface area contributed by atoms with Gasteiger partial charge in [0, 0.05) is 18.7 Å². The molecule has 5 nitrogen and oxygen atoms in total. The zero-order valence-electron chi connectivity index (χ0n) is 13.2. The molecule has 0 radical (unpaired) electrons. The Labute approximate surface area is 130 Å². The first-order valence-electron chi connectivity index (χ1n) is 8.46. The molecule has 0 aliphatic heterocycles. The van der Waals surface area contributed by atoms with Gasteiger partial charge in [-0.05, 0) is 63.2 Å². The summed E-state index contributed by atoms with van der Waals surface area (Å²) in [4.78, 5) is 0. The van der Waals surface area contributed by atoms with E-state index in [0.29, 0.717) is 5.89 Å². The van der Waals surface area contributed by atoms with Crippen molar-refractivity contribution in [3.63, 3.8) is 0 Å². The van der Waals surface area contributed by atoms with Crippen LogP contribution in [-0.4, -0.2) is 20.0 Å². The Balaban J connectivity index is 1.53. The van der Waals surface area contributed by atoms with Crippen LogP contribution in [0.25, 0.3) is 11.5 Å². The number of aromatic nitrogens is 4.